The van der Waals surface area contributed by atoms with Gasteiger partial charge in [0.2, 0.25) is 0 Å². The number of ketones is 1. The van der Waals surface area contributed by atoms with E-state index in [0.717, 1.165) is 17.7 Å². The second-order valence-electron chi connectivity index (χ2n) is 5.22. The van der Waals surface area contributed by atoms with E-state index >= 15 is 0 Å². The predicted octanol–water partition coefficient (Wildman–Crippen LogP) is 3.37. The minimum atomic E-state index is -0.590. The van der Waals surface area contributed by atoms with Crippen molar-refractivity contribution < 1.29 is 14.4 Å². The third-order valence-corrected chi connectivity index (χ3v) is 4.23. The van der Waals surface area contributed by atoms with Gasteiger partial charge in [0.1, 0.15) is 0 Å². The fraction of sp³-hybridized carbons (Fsp3) is 0.235. The number of hydrazine groups is 1. The number of nitrogens with one attached hydrogen (secondary N) is 3. The highest BCUT2D eigenvalue weighted by molar-refractivity contribution is 7.10. The van der Waals surface area contributed by atoms with Gasteiger partial charge in [-0.2, -0.15) is 0 Å². The van der Waals surface area contributed by atoms with E-state index in [1.165, 1.54) is 18.3 Å². The molecule has 0 aliphatic rings. The van der Waals surface area contributed by atoms with Crippen LogP contribution in [0.5, 0.6) is 0 Å². The molecule has 126 valence electrons. The molecule has 2 rings (SSSR count). The topological polar surface area (TPSA) is 87.3 Å². The Kier molecular flexibility index (Phi) is 6.08. The summed E-state index contributed by atoms with van der Waals surface area (Å²) in [5.74, 6) is -0.464. The molecule has 0 radical (unpaired) electrons. The van der Waals surface area contributed by atoms with Crippen molar-refractivity contribution in [2.45, 2.75) is 26.7 Å². The molecule has 0 unspecified atom stereocenters. The molecule has 7 heteroatoms. The number of rotatable bonds is 5. The van der Waals surface area contributed by atoms with E-state index in [0.29, 0.717) is 16.8 Å². The van der Waals surface area contributed by atoms with Crippen LogP contribution in [0.3, 0.4) is 0 Å². The Morgan fingerprint density at radius 3 is 2.58 bits per heavy atom. The Balaban J connectivity index is 1.87. The van der Waals surface area contributed by atoms with Crippen LogP contribution in [0.15, 0.2) is 35.7 Å². The van der Waals surface area contributed by atoms with Crippen molar-refractivity contribution in [3.8, 4) is 0 Å². The Hall–Kier alpha value is -2.67. The lowest BCUT2D eigenvalue weighted by Gasteiger charge is -2.09. The van der Waals surface area contributed by atoms with Crippen LogP contribution in [0.4, 0.5) is 10.5 Å². The van der Waals surface area contributed by atoms with Crippen molar-refractivity contribution in [2.24, 2.45) is 0 Å². The first-order valence-corrected chi connectivity index (χ1v) is 8.43. The van der Waals surface area contributed by atoms with Gasteiger partial charge >= 0.3 is 6.03 Å². The molecule has 0 bridgehead atoms. The van der Waals surface area contributed by atoms with Crippen LogP contribution in [0, 0.1) is 0 Å². The maximum Gasteiger partial charge on any atom is 0.337 e. The predicted molar refractivity (Wildman–Crippen MR) is 94.4 cm³/mol. The molecular formula is C17H19N3O3S. The average Bonchev–Trinajstić information content (AvgIpc) is 3.02. The first-order chi connectivity index (χ1) is 11.5. The molecule has 0 saturated heterocycles. The monoisotopic (exact) mass is 345 g/mol. The Morgan fingerprint density at radius 2 is 1.88 bits per heavy atom. The van der Waals surface area contributed by atoms with Gasteiger partial charge in [-0.3, -0.25) is 15.0 Å². The Bertz CT molecular complexity index is 755. The molecule has 3 amide bonds. The number of Topliss-reactive ketones (excluding diaryl/α,β-unsaturated/α-hetero) is 1. The highest BCUT2D eigenvalue weighted by atomic mass is 32.1. The number of urea groups is 1. The van der Waals surface area contributed by atoms with Gasteiger partial charge in [0.25, 0.3) is 5.91 Å². The van der Waals surface area contributed by atoms with E-state index in [9.17, 15) is 14.4 Å². The van der Waals surface area contributed by atoms with Crippen LogP contribution in [-0.4, -0.2) is 17.7 Å². The third kappa shape index (κ3) is 4.92. The highest BCUT2D eigenvalue weighted by Crippen LogP contribution is 2.16. The molecule has 0 atom stereocenters. The van der Waals surface area contributed by atoms with Gasteiger partial charge in [0.15, 0.2) is 5.78 Å². The maximum absolute atomic E-state index is 12.0. The van der Waals surface area contributed by atoms with E-state index in [-0.39, 0.29) is 11.7 Å². The highest BCUT2D eigenvalue weighted by Gasteiger charge is 2.10. The molecule has 1 heterocycles. The van der Waals surface area contributed by atoms with E-state index in [4.69, 9.17) is 0 Å². The molecule has 0 fully saturated rings. The van der Waals surface area contributed by atoms with E-state index in [2.05, 4.69) is 23.1 Å². The van der Waals surface area contributed by atoms with Gasteiger partial charge in [-0.25, -0.2) is 10.2 Å². The number of thiophene rings is 1. The fourth-order valence-corrected chi connectivity index (χ4v) is 3.01. The summed E-state index contributed by atoms with van der Waals surface area (Å²) in [6.07, 6.45) is 1.94. The number of benzene rings is 1. The van der Waals surface area contributed by atoms with Gasteiger partial charge in [-0.15, -0.1) is 11.3 Å². The van der Waals surface area contributed by atoms with Gasteiger partial charge in [-0.1, -0.05) is 25.5 Å². The molecule has 1 aromatic heterocycles. The number of carbonyl (C=O) groups excluding carboxylic acids is 3. The molecule has 6 nitrogen and oxygen atoms in total. The summed E-state index contributed by atoms with van der Waals surface area (Å²) in [4.78, 5) is 36.2. The number of aryl methyl sites for hydroxylation is 1. The molecule has 0 aliphatic carbocycles. The summed E-state index contributed by atoms with van der Waals surface area (Å²) in [6.45, 7) is 3.53. The van der Waals surface area contributed by atoms with Crippen LogP contribution in [-0.2, 0) is 6.42 Å². The summed E-state index contributed by atoms with van der Waals surface area (Å²) in [5.41, 5.74) is 6.12. The third-order valence-electron chi connectivity index (χ3n) is 3.23. The van der Waals surface area contributed by atoms with E-state index < -0.39 is 6.03 Å². The van der Waals surface area contributed by atoms with Crippen LogP contribution < -0.4 is 16.2 Å². The van der Waals surface area contributed by atoms with Crippen molar-refractivity contribution in [3.63, 3.8) is 0 Å². The van der Waals surface area contributed by atoms with Crippen molar-refractivity contribution in [2.75, 3.05) is 5.32 Å². The van der Waals surface area contributed by atoms with E-state index in [1.807, 2.05) is 6.07 Å². The number of carbonyl (C=O) groups is 3. The zero-order valence-electron chi connectivity index (χ0n) is 13.5. The van der Waals surface area contributed by atoms with Gasteiger partial charge in [0, 0.05) is 21.5 Å². The largest absolute Gasteiger partial charge is 0.337 e. The maximum atomic E-state index is 12.0. The average molecular weight is 345 g/mol. The minimum Gasteiger partial charge on any atom is -0.307 e. The van der Waals surface area contributed by atoms with Crippen LogP contribution in [0.25, 0.3) is 0 Å². The lowest BCUT2D eigenvalue weighted by molar-refractivity contribution is 0.0937. The summed E-state index contributed by atoms with van der Waals surface area (Å²) in [7, 11) is 0. The molecule has 0 spiro atoms. The van der Waals surface area contributed by atoms with Gasteiger partial charge in [-0.05, 0) is 31.5 Å². The summed E-state index contributed by atoms with van der Waals surface area (Å²) >= 11 is 1.52. The molecule has 2 aromatic rings. The van der Waals surface area contributed by atoms with E-state index in [1.54, 1.807) is 29.6 Å². The van der Waals surface area contributed by atoms with Gasteiger partial charge in [0.05, 0.1) is 5.56 Å². The quantitative estimate of drug-likeness (QED) is 0.573. The SMILES string of the molecule is CCCc1cc(C(=O)NNC(=O)Nc2cccc(C(C)=O)c2)cs1. The second kappa shape index (κ2) is 8.26. The van der Waals surface area contributed by atoms with Crippen LogP contribution in [0.1, 0.15) is 45.9 Å². The molecule has 3 N–H and O–H groups in total. The molecule has 1 aromatic carbocycles. The zero-order chi connectivity index (χ0) is 17.5. The summed E-state index contributed by atoms with van der Waals surface area (Å²) in [6, 6.07) is 7.79. The standard InChI is InChI=1S/C17H19N3O3S/c1-3-5-15-9-13(10-24-15)16(22)19-20-17(23)18-14-7-4-6-12(8-14)11(2)21/h4,6-10H,3,5H2,1-2H3,(H,19,22)(H2,18,20,23). The lowest BCUT2D eigenvalue weighted by Crippen LogP contribution is -2.43. The number of anilines is 1. The summed E-state index contributed by atoms with van der Waals surface area (Å²) in [5, 5.41) is 4.32. The minimum absolute atomic E-state index is 0.0901. The van der Waals surface area contributed by atoms with Crippen molar-refractivity contribution in [1.29, 1.82) is 0 Å². The van der Waals surface area contributed by atoms with Crippen molar-refractivity contribution >= 4 is 34.7 Å². The van der Waals surface area contributed by atoms with Crippen molar-refractivity contribution in [3.05, 3.63) is 51.7 Å². The smallest absolute Gasteiger partial charge is 0.307 e. The number of amides is 3. The van der Waals surface area contributed by atoms with Crippen LogP contribution in [0.2, 0.25) is 0 Å². The first kappa shape index (κ1) is 17.7. The normalized spacial score (nSPS) is 10.1. The number of hydrogen-bond donors (Lipinski definition) is 3. The fourth-order valence-electron chi connectivity index (χ4n) is 2.04. The zero-order valence-corrected chi connectivity index (χ0v) is 14.3. The van der Waals surface area contributed by atoms with Crippen LogP contribution >= 0.6 is 11.3 Å². The number of hydrogen-bond acceptors (Lipinski definition) is 4. The Morgan fingerprint density at radius 1 is 1.08 bits per heavy atom. The first-order valence-electron chi connectivity index (χ1n) is 7.55. The molecule has 0 saturated carbocycles. The Labute approximate surface area is 144 Å². The van der Waals surface area contributed by atoms with Crippen molar-refractivity contribution in [1.82, 2.24) is 10.9 Å². The summed E-state index contributed by atoms with van der Waals surface area (Å²) < 4.78 is 0. The molecular weight excluding hydrogens is 326 g/mol. The molecule has 0 aliphatic heterocycles. The molecule has 24 heavy (non-hydrogen) atoms. The van der Waals surface area contributed by atoms with Gasteiger partial charge < -0.3 is 5.32 Å². The lowest BCUT2D eigenvalue weighted by atomic mass is 10.1. The second-order valence-corrected chi connectivity index (χ2v) is 6.22.